The predicted molar refractivity (Wildman–Crippen MR) is 163 cm³/mol. The number of nitrogens with zero attached hydrogens (tertiary/aromatic N) is 5. The number of aromatic nitrogens is 1. The Hall–Kier alpha value is -3.99. The van der Waals surface area contributed by atoms with E-state index in [1.165, 1.54) is 0 Å². The Labute approximate surface area is 253 Å². The second-order valence-electron chi connectivity index (χ2n) is 12.2. The summed E-state index contributed by atoms with van der Waals surface area (Å²) in [4.78, 5) is 65.7. The number of morpholine rings is 1. The Kier molecular flexibility index (Phi) is 9.29. The average molecular weight is 591 g/mol. The van der Waals surface area contributed by atoms with Crippen LogP contribution in [0.25, 0.3) is 0 Å². The van der Waals surface area contributed by atoms with Gasteiger partial charge in [-0.1, -0.05) is 13.8 Å². The van der Waals surface area contributed by atoms with Gasteiger partial charge < -0.3 is 29.7 Å². The van der Waals surface area contributed by atoms with Crippen LogP contribution in [-0.2, 0) is 14.3 Å². The number of piperidine rings is 2. The normalized spacial score (nSPS) is 21.0. The van der Waals surface area contributed by atoms with Crippen molar-refractivity contribution in [2.45, 2.75) is 51.2 Å². The number of amides is 3. The first kappa shape index (κ1) is 30.5. The zero-order valence-electron chi connectivity index (χ0n) is 25.5. The van der Waals surface area contributed by atoms with E-state index in [1.54, 1.807) is 34.2 Å². The van der Waals surface area contributed by atoms with E-state index >= 15 is 0 Å². The topological polar surface area (TPSA) is 115 Å². The first-order chi connectivity index (χ1) is 20.6. The maximum atomic E-state index is 13.8. The molecule has 3 amide bonds. The van der Waals surface area contributed by atoms with Crippen molar-refractivity contribution in [2.24, 2.45) is 5.92 Å². The molecule has 1 aromatic carbocycles. The first-order valence-corrected chi connectivity index (χ1v) is 15.1. The van der Waals surface area contributed by atoms with E-state index in [2.05, 4.69) is 15.2 Å². The van der Waals surface area contributed by atoms with Crippen LogP contribution in [0.2, 0.25) is 0 Å². The summed E-state index contributed by atoms with van der Waals surface area (Å²) in [5.74, 6) is 0.00861. The Morgan fingerprint density at radius 2 is 1.70 bits per heavy atom. The Balaban J connectivity index is 1.24. The van der Waals surface area contributed by atoms with E-state index in [-0.39, 0.29) is 42.0 Å². The van der Waals surface area contributed by atoms with Crippen molar-refractivity contribution in [1.29, 1.82) is 0 Å². The monoisotopic (exact) mass is 590 g/mol. The van der Waals surface area contributed by atoms with E-state index < -0.39 is 12.1 Å². The number of ketones is 1. The van der Waals surface area contributed by atoms with Gasteiger partial charge in [-0.25, -0.2) is 4.98 Å². The molecule has 11 heteroatoms. The van der Waals surface area contributed by atoms with Crippen molar-refractivity contribution in [3.63, 3.8) is 0 Å². The third-order valence-electron chi connectivity index (χ3n) is 8.54. The lowest BCUT2D eigenvalue weighted by Gasteiger charge is -2.48. The molecule has 4 heterocycles. The number of fused-ring (bicyclic) bond motifs is 2. The molecule has 3 aliphatic rings. The van der Waals surface area contributed by atoms with Crippen LogP contribution in [0.1, 0.15) is 53.8 Å². The number of benzene rings is 1. The average Bonchev–Trinajstić information content (AvgIpc) is 3.02. The molecule has 3 fully saturated rings. The quantitative estimate of drug-likeness (QED) is 0.498. The molecular formula is C32H42N6O5. The van der Waals surface area contributed by atoms with Crippen molar-refractivity contribution < 1.29 is 23.9 Å². The van der Waals surface area contributed by atoms with Crippen molar-refractivity contribution in [2.75, 3.05) is 63.3 Å². The molecule has 2 bridgehead atoms. The molecule has 0 spiro atoms. The number of pyridine rings is 1. The molecule has 3 saturated heterocycles. The summed E-state index contributed by atoms with van der Waals surface area (Å²) in [6, 6.07) is 9.32. The minimum absolute atomic E-state index is 0.0530. The number of likely N-dealkylation sites (tertiary alicyclic amines) is 2. The largest absolute Gasteiger partial charge is 0.378 e. The maximum Gasteiger partial charge on any atom is 0.256 e. The minimum atomic E-state index is -0.749. The van der Waals surface area contributed by atoms with E-state index in [0.717, 1.165) is 24.6 Å². The van der Waals surface area contributed by atoms with Crippen LogP contribution in [0.15, 0.2) is 42.6 Å². The SMILES string of the molecule is CC(C)C[C@H](NC(=O)c1ccc(N(C)C)cc1)C(=O)N1CC[C@@H]2CC1C(=O)CN2C(=O)c1ccc(N2CCOCC2)nc1. The number of carbonyl (C=O) groups is 4. The van der Waals surface area contributed by atoms with Crippen molar-refractivity contribution in [3.8, 4) is 0 Å². The van der Waals surface area contributed by atoms with Crippen LogP contribution < -0.4 is 15.1 Å². The number of carbonyl (C=O) groups excluding carboxylic acids is 4. The van der Waals surface area contributed by atoms with Gasteiger partial charge in [-0.05, 0) is 61.6 Å². The van der Waals surface area contributed by atoms with Crippen molar-refractivity contribution in [1.82, 2.24) is 20.1 Å². The molecular weight excluding hydrogens is 548 g/mol. The summed E-state index contributed by atoms with van der Waals surface area (Å²) >= 11 is 0. The lowest BCUT2D eigenvalue weighted by atomic mass is 9.87. The molecule has 1 aromatic heterocycles. The molecule has 11 nitrogen and oxygen atoms in total. The van der Waals surface area contributed by atoms with Crippen molar-refractivity contribution in [3.05, 3.63) is 53.7 Å². The number of rotatable bonds is 8. The summed E-state index contributed by atoms with van der Waals surface area (Å²) in [6.45, 7) is 7.11. The summed E-state index contributed by atoms with van der Waals surface area (Å²) in [6.07, 6.45) is 2.99. The fourth-order valence-electron chi connectivity index (χ4n) is 6.14. The minimum Gasteiger partial charge on any atom is -0.378 e. The van der Waals surface area contributed by atoms with Crippen LogP contribution in [0.5, 0.6) is 0 Å². The predicted octanol–water partition coefficient (Wildman–Crippen LogP) is 2.21. The zero-order valence-corrected chi connectivity index (χ0v) is 25.5. The highest BCUT2D eigenvalue weighted by atomic mass is 16.5. The molecule has 230 valence electrons. The summed E-state index contributed by atoms with van der Waals surface area (Å²) in [5, 5.41) is 2.94. The Bertz CT molecular complexity index is 1320. The molecule has 0 radical (unpaired) electrons. The number of anilines is 2. The molecule has 2 aromatic rings. The molecule has 3 aliphatic heterocycles. The smallest absolute Gasteiger partial charge is 0.256 e. The maximum absolute atomic E-state index is 13.8. The highest BCUT2D eigenvalue weighted by molar-refractivity contribution is 6.01. The van der Waals surface area contributed by atoms with Crippen LogP contribution in [-0.4, -0.2) is 110 Å². The zero-order chi connectivity index (χ0) is 30.7. The first-order valence-electron chi connectivity index (χ1n) is 15.1. The molecule has 1 unspecified atom stereocenters. The van der Waals surface area contributed by atoms with Gasteiger partial charge in [0.15, 0.2) is 5.78 Å². The van der Waals surface area contributed by atoms with Crippen LogP contribution in [0.3, 0.4) is 0 Å². The number of nitrogens with one attached hydrogen (secondary N) is 1. The van der Waals surface area contributed by atoms with E-state index in [1.807, 2.05) is 51.0 Å². The van der Waals surface area contributed by atoms with Gasteiger partial charge in [0.2, 0.25) is 5.91 Å². The number of ether oxygens (including phenoxy) is 1. The highest BCUT2D eigenvalue weighted by Gasteiger charge is 2.46. The van der Waals surface area contributed by atoms with Gasteiger partial charge in [0, 0.05) is 57.2 Å². The number of Topliss-reactive ketones (excluding diaryl/α,β-unsaturated/α-hetero) is 1. The van der Waals surface area contributed by atoms with Gasteiger partial charge in [-0.15, -0.1) is 0 Å². The number of hydrogen-bond acceptors (Lipinski definition) is 8. The molecule has 43 heavy (non-hydrogen) atoms. The van der Waals surface area contributed by atoms with Crippen LogP contribution >= 0.6 is 0 Å². The van der Waals surface area contributed by atoms with Gasteiger partial charge in [-0.3, -0.25) is 19.2 Å². The molecule has 5 rings (SSSR count). The van der Waals surface area contributed by atoms with E-state index in [0.29, 0.717) is 50.1 Å². The second kappa shape index (κ2) is 13.1. The lowest BCUT2D eigenvalue weighted by molar-refractivity contribution is -0.147. The van der Waals surface area contributed by atoms with Gasteiger partial charge >= 0.3 is 0 Å². The van der Waals surface area contributed by atoms with Gasteiger partial charge in [0.1, 0.15) is 11.9 Å². The lowest BCUT2D eigenvalue weighted by Crippen LogP contribution is -2.65. The molecule has 0 aliphatic carbocycles. The second-order valence-corrected chi connectivity index (χ2v) is 12.2. The Morgan fingerprint density at radius 3 is 2.33 bits per heavy atom. The van der Waals surface area contributed by atoms with Gasteiger partial charge in [-0.2, -0.15) is 0 Å². The third-order valence-corrected chi connectivity index (χ3v) is 8.54. The van der Waals surface area contributed by atoms with E-state index in [9.17, 15) is 19.2 Å². The molecule has 0 saturated carbocycles. The molecule has 1 N–H and O–H groups in total. The van der Waals surface area contributed by atoms with Crippen LogP contribution in [0, 0.1) is 5.92 Å². The summed E-state index contributed by atoms with van der Waals surface area (Å²) < 4.78 is 5.40. The third kappa shape index (κ3) is 6.82. The fraction of sp³-hybridized carbons (Fsp3) is 0.531. The van der Waals surface area contributed by atoms with E-state index in [4.69, 9.17) is 4.74 Å². The van der Waals surface area contributed by atoms with Crippen molar-refractivity contribution >= 4 is 35.0 Å². The fourth-order valence-corrected chi connectivity index (χ4v) is 6.14. The summed E-state index contributed by atoms with van der Waals surface area (Å²) in [5.41, 5.74) is 1.89. The van der Waals surface area contributed by atoms with Gasteiger partial charge in [0.25, 0.3) is 11.8 Å². The van der Waals surface area contributed by atoms with Crippen LogP contribution in [0.4, 0.5) is 11.5 Å². The summed E-state index contributed by atoms with van der Waals surface area (Å²) in [7, 11) is 3.86. The molecule has 3 atom stereocenters. The standard InChI is InChI=1S/C32H42N6O5/c1-21(2)17-26(34-30(40)22-5-8-24(9-6-22)35(3)4)32(42)37-12-11-25-18-27(37)28(39)20-38(25)31(41)23-7-10-29(33-19-23)36-13-15-43-16-14-36/h5-10,19,21,25-27H,11-18,20H2,1-4H3,(H,34,40)/t25-,26+,27?/m1/s1. The number of hydrogen-bond donors (Lipinski definition) is 1. The Morgan fingerprint density at radius 1 is 1.00 bits per heavy atom. The van der Waals surface area contributed by atoms with Gasteiger partial charge in [0.05, 0.1) is 31.4 Å². The highest BCUT2D eigenvalue weighted by Crippen LogP contribution is 2.30.